The highest BCUT2D eigenvalue weighted by Gasteiger charge is 2.40. The Morgan fingerprint density at radius 3 is 2.94 bits per heavy atom. The van der Waals surface area contributed by atoms with Crippen LogP contribution >= 0.6 is 0 Å². The summed E-state index contributed by atoms with van der Waals surface area (Å²) in [6.07, 6.45) is 6.43. The lowest BCUT2D eigenvalue weighted by Crippen LogP contribution is -2.52. The first-order valence-corrected chi connectivity index (χ1v) is 12.4. The number of H-pyrrole nitrogens is 1. The molecule has 0 spiro atoms. The number of methoxy groups -OCH3 is 1. The van der Waals surface area contributed by atoms with Crippen molar-refractivity contribution in [3.05, 3.63) is 24.3 Å². The van der Waals surface area contributed by atoms with Gasteiger partial charge >= 0.3 is 0 Å². The van der Waals surface area contributed by atoms with E-state index >= 15 is 0 Å². The minimum absolute atomic E-state index is 0.0339. The minimum Gasteiger partial charge on any atom is -0.383 e. The number of hydrogen-bond acceptors (Lipinski definition) is 5. The van der Waals surface area contributed by atoms with Crippen LogP contribution in [0.15, 0.2) is 24.3 Å². The Bertz CT molecular complexity index is 989. The Kier molecular flexibility index (Phi) is 6.64. The number of amides is 2. The molecule has 178 valence electrons. The van der Waals surface area contributed by atoms with E-state index in [0.29, 0.717) is 37.5 Å². The average Bonchev–Trinajstić information content (AvgIpc) is 3.44. The van der Waals surface area contributed by atoms with Gasteiger partial charge in [0.25, 0.3) is 0 Å². The van der Waals surface area contributed by atoms with Gasteiger partial charge in [0, 0.05) is 44.6 Å². The molecule has 0 aliphatic carbocycles. The largest absolute Gasteiger partial charge is 0.383 e. The second kappa shape index (κ2) is 9.81. The number of ether oxygens (including phenoxy) is 1. The molecule has 3 aliphatic heterocycles. The summed E-state index contributed by atoms with van der Waals surface area (Å²) in [6, 6.07) is 8.37. The van der Waals surface area contributed by atoms with Crippen molar-refractivity contribution >= 4 is 28.5 Å². The van der Waals surface area contributed by atoms with E-state index in [1.54, 1.807) is 12.0 Å². The van der Waals surface area contributed by atoms with Crippen molar-refractivity contribution in [1.29, 1.82) is 0 Å². The molecule has 8 heteroatoms. The van der Waals surface area contributed by atoms with Crippen LogP contribution in [0.4, 0.5) is 5.82 Å². The molecule has 3 saturated heterocycles. The van der Waals surface area contributed by atoms with E-state index in [0.717, 1.165) is 17.4 Å². The number of aromatic nitrogens is 2. The molecule has 2 amide bonds. The summed E-state index contributed by atoms with van der Waals surface area (Å²) in [5.74, 6) is 0.836. The van der Waals surface area contributed by atoms with E-state index in [1.165, 1.54) is 45.2 Å². The fourth-order valence-corrected chi connectivity index (χ4v) is 6.06. The Labute approximate surface area is 195 Å². The third-order valence-corrected chi connectivity index (χ3v) is 7.74. The first kappa shape index (κ1) is 22.3. The molecule has 0 radical (unpaired) electrons. The van der Waals surface area contributed by atoms with E-state index in [4.69, 9.17) is 4.74 Å². The van der Waals surface area contributed by atoms with Crippen LogP contribution in [0, 0.1) is 11.8 Å². The molecule has 1 N–H and O–H groups in total. The monoisotopic (exact) mass is 453 g/mol. The van der Waals surface area contributed by atoms with Gasteiger partial charge in [-0.25, -0.2) is 0 Å². The van der Waals surface area contributed by atoms with Crippen molar-refractivity contribution in [2.75, 3.05) is 51.3 Å². The SMILES string of the molecule is COCCN(C[C@@H]1CCCN2CCCC[C@@H]12)C(=O)[C@H]1CC(=O)N(c2n[nH]c3ccccc23)C1. The molecule has 5 rings (SSSR count). The fourth-order valence-electron chi connectivity index (χ4n) is 6.06. The molecule has 2 aromatic rings. The Hall–Kier alpha value is -2.45. The number of carbonyl (C=O) groups is 2. The lowest BCUT2D eigenvalue weighted by atomic mass is 9.83. The van der Waals surface area contributed by atoms with Crippen molar-refractivity contribution in [2.45, 2.75) is 44.6 Å². The molecule has 8 nitrogen and oxygen atoms in total. The van der Waals surface area contributed by atoms with Gasteiger partial charge in [-0.15, -0.1) is 0 Å². The van der Waals surface area contributed by atoms with Crippen molar-refractivity contribution in [3.8, 4) is 0 Å². The number of anilines is 1. The van der Waals surface area contributed by atoms with Crippen LogP contribution in [0.5, 0.6) is 0 Å². The molecule has 1 aromatic heterocycles. The topological polar surface area (TPSA) is 81.8 Å². The number of aromatic amines is 1. The molecule has 0 saturated carbocycles. The number of nitrogens with one attached hydrogen (secondary N) is 1. The first-order valence-electron chi connectivity index (χ1n) is 12.4. The summed E-state index contributed by atoms with van der Waals surface area (Å²) >= 11 is 0. The van der Waals surface area contributed by atoms with E-state index < -0.39 is 0 Å². The lowest BCUT2D eigenvalue weighted by Gasteiger charge is -2.46. The normalized spacial score (nSPS) is 26.0. The quantitative estimate of drug-likeness (QED) is 0.697. The number of benzene rings is 1. The molecular formula is C25H35N5O3. The smallest absolute Gasteiger partial charge is 0.229 e. The third-order valence-electron chi connectivity index (χ3n) is 7.74. The van der Waals surface area contributed by atoms with Crippen LogP contribution in [0.25, 0.3) is 10.9 Å². The highest BCUT2D eigenvalue weighted by Crippen LogP contribution is 2.33. The van der Waals surface area contributed by atoms with Crippen molar-refractivity contribution in [3.63, 3.8) is 0 Å². The van der Waals surface area contributed by atoms with Gasteiger partial charge in [-0.1, -0.05) is 18.6 Å². The molecule has 3 aliphatic rings. The van der Waals surface area contributed by atoms with Gasteiger partial charge in [-0.05, 0) is 56.8 Å². The zero-order chi connectivity index (χ0) is 22.8. The summed E-state index contributed by atoms with van der Waals surface area (Å²) in [5.41, 5.74) is 0.895. The molecule has 3 atom stereocenters. The third kappa shape index (κ3) is 4.51. The van der Waals surface area contributed by atoms with Crippen LogP contribution in [0.1, 0.15) is 38.5 Å². The molecule has 33 heavy (non-hydrogen) atoms. The summed E-state index contributed by atoms with van der Waals surface area (Å²) in [7, 11) is 1.68. The van der Waals surface area contributed by atoms with Crippen LogP contribution in [0.3, 0.4) is 0 Å². The van der Waals surface area contributed by atoms with Gasteiger partial charge in [-0.3, -0.25) is 19.6 Å². The van der Waals surface area contributed by atoms with Gasteiger partial charge < -0.3 is 14.5 Å². The van der Waals surface area contributed by atoms with Gasteiger partial charge in [0.2, 0.25) is 11.8 Å². The number of piperidine rings is 2. The van der Waals surface area contributed by atoms with E-state index in [1.807, 2.05) is 29.2 Å². The number of rotatable bonds is 7. The maximum atomic E-state index is 13.7. The lowest BCUT2D eigenvalue weighted by molar-refractivity contribution is -0.137. The van der Waals surface area contributed by atoms with Gasteiger partial charge in [0.1, 0.15) is 0 Å². The highest BCUT2D eigenvalue weighted by molar-refractivity contribution is 6.05. The number of para-hydroxylation sites is 1. The van der Waals surface area contributed by atoms with Gasteiger partial charge in [0.15, 0.2) is 5.82 Å². The standard InChI is InChI=1S/C25H35N5O3/c1-33-14-13-29(16-18-7-6-12-28-11-5-4-10-22(18)28)25(32)19-15-23(31)30(17-19)24-20-8-2-3-9-21(20)26-27-24/h2-3,8-9,18-19,22H,4-7,10-17H2,1H3,(H,26,27)/t18-,19-,22-/m0/s1. The van der Waals surface area contributed by atoms with Crippen molar-refractivity contribution in [2.24, 2.45) is 11.8 Å². The number of carbonyl (C=O) groups excluding carboxylic acids is 2. The summed E-state index contributed by atoms with van der Waals surface area (Å²) in [6.45, 7) is 4.62. The fraction of sp³-hybridized carbons (Fsp3) is 0.640. The first-order chi connectivity index (χ1) is 16.2. The second-order valence-corrected chi connectivity index (χ2v) is 9.78. The summed E-state index contributed by atoms with van der Waals surface area (Å²) < 4.78 is 5.33. The van der Waals surface area contributed by atoms with Crippen LogP contribution < -0.4 is 4.90 Å². The molecule has 0 bridgehead atoms. The maximum Gasteiger partial charge on any atom is 0.229 e. The predicted molar refractivity (Wildman–Crippen MR) is 127 cm³/mol. The van der Waals surface area contributed by atoms with Gasteiger partial charge in [0.05, 0.1) is 18.0 Å². The van der Waals surface area contributed by atoms with Crippen LogP contribution in [-0.4, -0.2) is 84.3 Å². The maximum absolute atomic E-state index is 13.7. The Morgan fingerprint density at radius 1 is 1.21 bits per heavy atom. The summed E-state index contributed by atoms with van der Waals surface area (Å²) in [4.78, 5) is 32.9. The number of nitrogens with zero attached hydrogens (tertiary/aromatic N) is 4. The zero-order valence-electron chi connectivity index (χ0n) is 19.5. The predicted octanol–water partition coefficient (Wildman–Crippen LogP) is 2.66. The van der Waals surface area contributed by atoms with E-state index in [9.17, 15) is 9.59 Å². The summed E-state index contributed by atoms with van der Waals surface area (Å²) in [5, 5.41) is 8.30. The van der Waals surface area contributed by atoms with E-state index in [-0.39, 0.29) is 24.2 Å². The molecule has 0 unspecified atom stereocenters. The van der Waals surface area contributed by atoms with Crippen molar-refractivity contribution in [1.82, 2.24) is 20.0 Å². The zero-order valence-corrected chi connectivity index (χ0v) is 19.5. The van der Waals surface area contributed by atoms with E-state index in [2.05, 4.69) is 15.1 Å². The van der Waals surface area contributed by atoms with Crippen LogP contribution in [-0.2, 0) is 14.3 Å². The van der Waals surface area contributed by atoms with Gasteiger partial charge in [-0.2, -0.15) is 5.10 Å². The Morgan fingerprint density at radius 2 is 2.06 bits per heavy atom. The minimum atomic E-state index is -0.337. The highest BCUT2D eigenvalue weighted by atomic mass is 16.5. The number of fused-ring (bicyclic) bond motifs is 2. The second-order valence-electron chi connectivity index (χ2n) is 9.78. The molecular weight excluding hydrogens is 418 g/mol. The van der Waals surface area contributed by atoms with Crippen molar-refractivity contribution < 1.29 is 14.3 Å². The Balaban J connectivity index is 1.30. The average molecular weight is 454 g/mol. The molecule has 4 heterocycles. The van der Waals surface area contributed by atoms with Crippen LogP contribution in [0.2, 0.25) is 0 Å². The number of hydrogen-bond donors (Lipinski definition) is 1. The molecule has 3 fully saturated rings. The molecule has 1 aromatic carbocycles.